The molecule has 2 N–H and O–H groups in total. The van der Waals surface area contributed by atoms with Crippen molar-refractivity contribution in [2.45, 2.75) is 6.10 Å². The lowest BCUT2D eigenvalue weighted by molar-refractivity contribution is -0.150. The lowest BCUT2D eigenvalue weighted by Crippen LogP contribution is -2.53. The van der Waals surface area contributed by atoms with E-state index in [1.807, 2.05) is 21.6 Å². The van der Waals surface area contributed by atoms with E-state index in [2.05, 4.69) is 0 Å². The van der Waals surface area contributed by atoms with Crippen LogP contribution in [0.5, 0.6) is 0 Å². The van der Waals surface area contributed by atoms with Crippen molar-refractivity contribution >= 4 is 23.6 Å². The van der Waals surface area contributed by atoms with Gasteiger partial charge in [-0.3, -0.25) is 14.5 Å². The van der Waals surface area contributed by atoms with Crippen LogP contribution in [-0.4, -0.2) is 78.6 Å². The Balaban J connectivity index is 1.87. The van der Waals surface area contributed by atoms with Crippen LogP contribution in [0.1, 0.15) is 0 Å². The summed E-state index contributed by atoms with van der Waals surface area (Å²) in [5, 5.41) is 0. The van der Waals surface area contributed by atoms with Crippen LogP contribution in [-0.2, 0) is 14.3 Å². The van der Waals surface area contributed by atoms with Gasteiger partial charge < -0.3 is 15.4 Å². The summed E-state index contributed by atoms with van der Waals surface area (Å²) in [4.78, 5) is 26.9. The number of carbonyl (C=O) groups is 2. The van der Waals surface area contributed by atoms with Gasteiger partial charge in [-0.15, -0.1) is 0 Å². The quantitative estimate of drug-likeness (QED) is 0.695. The normalized spacial score (nSPS) is 26.0. The van der Waals surface area contributed by atoms with Crippen LogP contribution in [0.25, 0.3) is 0 Å². The summed E-state index contributed by atoms with van der Waals surface area (Å²) < 4.78 is 5.51. The molecule has 102 valence electrons. The Kier molecular flexibility index (Phi) is 4.85. The number of primary amides is 1. The fourth-order valence-electron chi connectivity index (χ4n) is 2.20. The van der Waals surface area contributed by atoms with Gasteiger partial charge in [-0.05, 0) is 0 Å². The standard InChI is InChI=1S/C11H19N3O3S/c12-10(15)8-13-1-4-17-9(7-13)11(16)14-2-5-18-6-3-14/h9H,1-8H2,(H2,12,15). The smallest absolute Gasteiger partial charge is 0.253 e. The molecular weight excluding hydrogens is 254 g/mol. The van der Waals surface area contributed by atoms with Gasteiger partial charge in [0, 0.05) is 37.7 Å². The third-order valence-electron chi connectivity index (χ3n) is 3.13. The number of thioether (sulfide) groups is 1. The van der Waals surface area contributed by atoms with Crippen molar-refractivity contribution in [3.8, 4) is 0 Å². The van der Waals surface area contributed by atoms with Crippen molar-refractivity contribution in [2.75, 3.05) is 50.8 Å². The molecule has 0 spiro atoms. The zero-order valence-electron chi connectivity index (χ0n) is 10.3. The maximum Gasteiger partial charge on any atom is 0.253 e. The molecule has 0 aromatic rings. The van der Waals surface area contributed by atoms with Gasteiger partial charge in [0.15, 0.2) is 0 Å². The van der Waals surface area contributed by atoms with Gasteiger partial charge in [-0.25, -0.2) is 0 Å². The van der Waals surface area contributed by atoms with Crippen molar-refractivity contribution in [1.82, 2.24) is 9.80 Å². The van der Waals surface area contributed by atoms with Gasteiger partial charge in [0.2, 0.25) is 5.91 Å². The summed E-state index contributed by atoms with van der Waals surface area (Å²) in [6.45, 7) is 3.38. The Morgan fingerprint density at radius 1 is 1.28 bits per heavy atom. The van der Waals surface area contributed by atoms with Gasteiger partial charge in [0.1, 0.15) is 6.10 Å². The lowest BCUT2D eigenvalue weighted by Gasteiger charge is -2.35. The highest BCUT2D eigenvalue weighted by atomic mass is 32.2. The van der Waals surface area contributed by atoms with E-state index in [4.69, 9.17) is 10.5 Å². The number of amides is 2. The Morgan fingerprint density at radius 3 is 2.67 bits per heavy atom. The van der Waals surface area contributed by atoms with Gasteiger partial charge in [0.05, 0.1) is 13.2 Å². The number of hydrogen-bond acceptors (Lipinski definition) is 5. The minimum Gasteiger partial charge on any atom is -0.369 e. The average Bonchev–Trinajstić information content (AvgIpc) is 2.38. The summed E-state index contributed by atoms with van der Waals surface area (Å²) in [6.07, 6.45) is -0.443. The molecule has 2 saturated heterocycles. The molecule has 18 heavy (non-hydrogen) atoms. The van der Waals surface area contributed by atoms with Crippen LogP contribution < -0.4 is 5.73 Å². The zero-order valence-corrected chi connectivity index (χ0v) is 11.2. The Morgan fingerprint density at radius 2 is 2.00 bits per heavy atom. The summed E-state index contributed by atoms with van der Waals surface area (Å²) >= 11 is 1.87. The van der Waals surface area contributed by atoms with Gasteiger partial charge in [-0.2, -0.15) is 11.8 Å². The molecule has 0 aromatic heterocycles. The number of carbonyl (C=O) groups excluding carboxylic acids is 2. The molecule has 2 fully saturated rings. The van der Waals surface area contributed by atoms with Crippen molar-refractivity contribution in [2.24, 2.45) is 5.73 Å². The van der Waals surface area contributed by atoms with Crippen molar-refractivity contribution in [3.63, 3.8) is 0 Å². The third-order valence-corrected chi connectivity index (χ3v) is 4.07. The molecule has 0 bridgehead atoms. The first kappa shape index (κ1) is 13.6. The van der Waals surface area contributed by atoms with E-state index >= 15 is 0 Å². The molecule has 0 radical (unpaired) electrons. The molecule has 7 heteroatoms. The van der Waals surface area contributed by atoms with Crippen molar-refractivity contribution in [1.29, 1.82) is 0 Å². The molecule has 1 atom stereocenters. The van der Waals surface area contributed by atoms with Crippen molar-refractivity contribution in [3.05, 3.63) is 0 Å². The second kappa shape index (κ2) is 6.40. The number of nitrogens with two attached hydrogens (primary N) is 1. The summed E-state index contributed by atoms with van der Waals surface area (Å²) in [5.41, 5.74) is 5.17. The number of hydrogen-bond donors (Lipinski definition) is 1. The van der Waals surface area contributed by atoms with Crippen LogP contribution in [0.2, 0.25) is 0 Å². The van der Waals surface area contributed by atoms with E-state index in [0.717, 1.165) is 24.6 Å². The number of morpholine rings is 1. The molecule has 2 amide bonds. The highest BCUT2D eigenvalue weighted by Crippen LogP contribution is 2.13. The van der Waals surface area contributed by atoms with Crippen LogP contribution in [0.15, 0.2) is 0 Å². The summed E-state index contributed by atoms with van der Waals surface area (Å²) in [6, 6.07) is 0. The van der Waals surface area contributed by atoms with E-state index in [1.165, 1.54) is 0 Å². The third kappa shape index (κ3) is 3.60. The van der Waals surface area contributed by atoms with E-state index in [-0.39, 0.29) is 18.4 Å². The maximum atomic E-state index is 12.2. The predicted octanol–water partition coefficient (Wildman–Crippen LogP) is -1.25. The summed E-state index contributed by atoms with van der Waals surface area (Å²) in [7, 11) is 0. The number of nitrogens with zero attached hydrogens (tertiary/aromatic N) is 2. The maximum absolute atomic E-state index is 12.2. The minimum atomic E-state index is -0.443. The molecule has 0 aliphatic carbocycles. The second-order valence-electron chi connectivity index (χ2n) is 4.50. The summed E-state index contributed by atoms with van der Waals surface area (Å²) in [5.74, 6) is 1.66. The van der Waals surface area contributed by atoms with Crippen LogP contribution >= 0.6 is 11.8 Å². The second-order valence-corrected chi connectivity index (χ2v) is 5.72. The van der Waals surface area contributed by atoms with E-state index in [1.54, 1.807) is 0 Å². The Bertz CT molecular complexity index is 321. The molecule has 2 rings (SSSR count). The average molecular weight is 273 g/mol. The van der Waals surface area contributed by atoms with Gasteiger partial charge in [0.25, 0.3) is 5.91 Å². The zero-order chi connectivity index (χ0) is 13.0. The first-order chi connectivity index (χ1) is 8.66. The first-order valence-electron chi connectivity index (χ1n) is 6.15. The molecule has 6 nitrogen and oxygen atoms in total. The molecule has 0 aromatic carbocycles. The Hall–Kier alpha value is -0.790. The lowest BCUT2D eigenvalue weighted by atomic mass is 10.2. The molecule has 0 saturated carbocycles. The van der Waals surface area contributed by atoms with Crippen LogP contribution in [0, 0.1) is 0 Å². The monoisotopic (exact) mass is 273 g/mol. The van der Waals surface area contributed by atoms with Crippen LogP contribution in [0.3, 0.4) is 0 Å². The predicted molar refractivity (Wildman–Crippen MR) is 69.3 cm³/mol. The van der Waals surface area contributed by atoms with Gasteiger partial charge in [-0.1, -0.05) is 0 Å². The van der Waals surface area contributed by atoms with Crippen LogP contribution in [0.4, 0.5) is 0 Å². The molecule has 2 aliphatic rings. The largest absolute Gasteiger partial charge is 0.369 e. The Labute approximate surface area is 111 Å². The highest BCUT2D eigenvalue weighted by molar-refractivity contribution is 7.99. The van der Waals surface area contributed by atoms with Crippen molar-refractivity contribution < 1.29 is 14.3 Å². The fourth-order valence-corrected chi connectivity index (χ4v) is 3.11. The molecule has 2 heterocycles. The highest BCUT2D eigenvalue weighted by Gasteiger charge is 2.31. The molecule has 1 unspecified atom stereocenters. The van der Waals surface area contributed by atoms with Gasteiger partial charge >= 0.3 is 0 Å². The number of rotatable bonds is 3. The SMILES string of the molecule is NC(=O)CN1CCOC(C(=O)N2CCSCC2)C1. The minimum absolute atomic E-state index is 0.0458. The number of ether oxygens (including phenoxy) is 1. The topological polar surface area (TPSA) is 75.9 Å². The first-order valence-corrected chi connectivity index (χ1v) is 7.31. The molecule has 2 aliphatic heterocycles. The van der Waals surface area contributed by atoms with E-state index in [9.17, 15) is 9.59 Å². The fraction of sp³-hybridized carbons (Fsp3) is 0.818. The van der Waals surface area contributed by atoms with E-state index < -0.39 is 6.10 Å². The molecular formula is C11H19N3O3S. The van der Waals surface area contributed by atoms with E-state index in [0.29, 0.717) is 19.7 Å².